The van der Waals surface area contributed by atoms with E-state index in [1.54, 1.807) is 0 Å². The standard InChI is InChI=1S/C26H36N4O2/c31-22-6-5-21-17-24-26(32)9-15-28(11-2-13-30-12-1-10-27-30)14-7-25(26,23(21)18-22)8-16-29(24)19-20-3-4-20/h1,5-6,10,12,18,20,24,31-32H,2-4,7-9,11,13-17,19H2. The van der Waals surface area contributed by atoms with Gasteiger partial charge in [-0.15, -0.1) is 0 Å². The number of aliphatic hydroxyl groups is 1. The largest absolute Gasteiger partial charge is 0.508 e. The van der Waals surface area contributed by atoms with E-state index in [9.17, 15) is 10.2 Å². The molecular formula is C26H36N4O2. The summed E-state index contributed by atoms with van der Waals surface area (Å²) in [4.78, 5) is 5.18. The zero-order valence-corrected chi connectivity index (χ0v) is 19.0. The minimum absolute atomic E-state index is 0.193. The Hall–Kier alpha value is -1.89. The molecule has 1 saturated carbocycles. The van der Waals surface area contributed by atoms with Crippen LogP contribution in [-0.4, -0.2) is 74.2 Å². The first-order valence-corrected chi connectivity index (χ1v) is 12.6. The number of phenolic OH excluding ortho intramolecular Hbond substituents is 1. The van der Waals surface area contributed by atoms with Crippen molar-refractivity contribution in [3.8, 4) is 5.75 Å². The number of piperidine rings is 1. The van der Waals surface area contributed by atoms with E-state index in [-0.39, 0.29) is 11.5 Å². The highest BCUT2D eigenvalue weighted by Gasteiger charge is 2.63. The van der Waals surface area contributed by atoms with Crippen molar-refractivity contribution in [2.45, 2.75) is 68.5 Å². The molecular weight excluding hydrogens is 400 g/mol. The van der Waals surface area contributed by atoms with Crippen molar-refractivity contribution in [3.05, 3.63) is 47.8 Å². The van der Waals surface area contributed by atoms with Gasteiger partial charge in [-0.1, -0.05) is 6.07 Å². The lowest BCUT2D eigenvalue weighted by Crippen LogP contribution is -2.71. The molecule has 3 unspecified atom stereocenters. The molecule has 4 aliphatic rings. The van der Waals surface area contributed by atoms with Crippen LogP contribution < -0.4 is 0 Å². The van der Waals surface area contributed by atoms with Crippen molar-refractivity contribution in [1.29, 1.82) is 0 Å². The first-order chi connectivity index (χ1) is 15.6. The fraction of sp³-hybridized carbons (Fsp3) is 0.654. The lowest BCUT2D eigenvalue weighted by molar-refractivity contribution is -0.149. The number of likely N-dealkylation sites (tertiary alicyclic amines) is 2. The van der Waals surface area contributed by atoms with Crippen LogP contribution in [0.15, 0.2) is 36.7 Å². The molecule has 0 amide bonds. The number of fused-ring (bicyclic) bond motifs is 1. The van der Waals surface area contributed by atoms with E-state index in [4.69, 9.17) is 0 Å². The predicted octanol–water partition coefficient (Wildman–Crippen LogP) is 2.78. The van der Waals surface area contributed by atoms with Crippen LogP contribution in [0, 0.1) is 5.92 Å². The molecule has 6 heteroatoms. The van der Waals surface area contributed by atoms with Crippen LogP contribution in [0.2, 0.25) is 0 Å². The summed E-state index contributed by atoms with van der Waals surface area (Å²) in [6.45, 7) is 6.13. The van der Waals surface area contributed by atoms with Crippen molar-refractivity contribution >= 4 is 0 Å². The van der Waals surface area contributed by atoms with Crippen LogP contribution in [0.25, 0.3) is 0 Å². The van der Waals surface area contributed by atoms with Crippen molar-refractivity contribution in [2.24, 2.45) is 5.92 Å². The average Bonchev–Trinajstić information content (AvgIpc) is 3.48. The lowest BCUT2D eigenvalue weighted by atomic mass is 9.52. The van der Waals surface area contributed by atoms with Gasteiger partial charge in [0.2, 0.25) is 0 Å². The van der Waals surface area contributed by atoms with E-state index < -0.39 is 5.60 Å². The van der Waals surface area contributed by atoms with Crippen molar-refractivity contribution in [2.75, 3.05) is 32.7 Å². The van der Waals surface area contributed by atoms with Crippen LogP contribution >= 0.6 is 0 Å². The van der Waals surface area contributed by atoms with E-state index in [2.05, 4.69) is 21.0 Å². The Morgan fingerprint density at radius 3 is 2.72 bits per heavy atom. The van der Waals surface area contributed by atoms with Gasteiger partial charge in [0.25, 0.3) is 0 Å². The van der Waals surface area contributed by atoms with E-state index in [1.165, 1.54) is 24.0 Å². The molecule has 172 valence electrons. The van der Waals surface area contributed by atoms with Crippen molar-refractivity contribution in [1.82, 2.24) is 19.6 Å². The molecule has 2 saturated heterocycles. The summed E-state index contributed by atoms with van der Waals surface area (Å²) in [5, 5.41) is 27.2. The number of hydrogen-bond acceptors (Lipinski definition) is 5. The van der Waals surface area contributed by atoms with E-state index in [1.807, 2.05) is 35.3 Å². The second kappa shape index (κ2) is 7.86. The maximum absolute atomic E-state index is 12.5. The van der Waals surface area contributed by atoms with Gasteiger partial charge in [-0.25, -0.2) is 0 Å². The van der Waals surface area contributed by atoms with Gasteiger partial charge in [0.1, 0.15) is 5.75 Å². The van der Waals surface area contributed by atoms with Crippen LogP contribution in [-0.2, 0) is 18.4 Å². The van der Waals surface area contributed by atoms with Crippen LogP contribution in [0.3, 0.4) is 0 Å². The third-order valence-electron chi connectivity index (χ3n) is 8.94. The monoisotopic (exact) mass is 436 g/mol. The van der Waals surface area contributed by atoms with Gasteiger partial charge in [0.15, 0.2) is 0 Å². The fourth-order valence-corrected chi connectivity index (χ4v) is 7.02. The molecule has 2 N–H and O–H groups in total. The Kier molecular flexibility index (Phi) is 5.08. The highest BCUT2D eigenvalue weighted by Crippen LogP contribution is 2.56. The van der Waals surface area contributed by atoms with Gasteiger partial charge >= 0.3 is 0 Å². The van der Waals surface area contributed by atoms with Crippen molar-refractivity contribution < 1.29 is 10.2 Å². The summed E-state index contributed by atoms with van der Waals surface area (Å²) in [5.74, 6) is 1.16. The molecule has 2 aliphatic heterocycles. The van der Waals surface area contributed by atoms with E-state index in [0.29, 0.717) is 5.75 Å². The number of aromatic nitrogens is 2. The summed E-state index contributed by atoms with van der Waals surface area (Å²) in [6, 6.07) is 8.09. The molecule has 3 atom stereocenters. The second-order valence-electron chi connectivity index (χ2n) is 10.7. The van der Waals surface area contributed by atoms with Gasteiger partial charge in [-0.2, -0.15) is 5.10 Å². The quantitative estimate of drug-likeness (QED) is 0.729. The number of benzene rings is 1. The molecule has 6 nitrogen and oxygen atoms in total. The van der Waals surface area contributed by atoms with Gasteiger partial charge in [0.05, 0.1) is 5.60 Å². The van der Waals surface area contributed by atoms with Crippen LogP contribution in [0.5, 0.6) is 5.75 Å². The zero-order valence-electron chi connectivity index (χ0n) is 19.0. The molecule has 6 rings (SSSR count). The summed E-state index contributed by atoms with van der Waals surface area (Å²) in [6.07, 6.45) is 11.3. The van der Waals surface area contributed by atoms with Gasteiger partial charge in [0, 0.05) is 43.5 Å². The molecule has 3 heterocycles. The molecule has 2 aromatic rings. The smallest absolute Gasteiger partial charge is 0.115 e. The highest BCUT2D eigenvalue weighted by molar-refractivity contribution is 5.48. The van der Waals surface area contributed by atoms with Crippen LogP contribution in [0.4, 0.5) is 0 Å². The molecule has 1 aromatic heterocycles. The first-order valence-electron chi connectivity index (χ1n) is 12.6. The Labute approximate surface area is 190 Å². The van der Waals surface area contributed by atoms with Gasteiger partial charge < -0.3 is 15.1 Å². The van der Waals surface area contributed by atoms with Gasteiger partial charge in [-0.05, 0) is 99.8 Å². The number of aromatic hydroxyl groups is 1. The number of phenols is 1. The fourth-order valence-electron chi connectivity index (χ4n) is 7.02. The zero-order chi connectivity index (χ0) is 21.8. The molecule has 1 aromatic carbocycles. The Morgan fingerprint density at radius 1 is 1.06 bits per heavy atom. The van der Waals surface area contributed by atoms with Crippen LogP contribution in [0.1, 0.15) is 49.7 Å². The summed E-state index contributed by atoms with van der Waals surface area (Å²) < 4.78 is 2.01. The van der Waals surface area contributed by atoms with Crippen molar-refractivity contribution in [3.63, 3.8) is 0 Å². The molecule has 2 bridgehead atoms. The molecule has 0 radical (unpaired) electrons. The predicted molar refractivity (Wildman–Crippen MR) is 124 cm³/mol. The van der Waals surface area contributed by atoms with E-state index in [0.717, 1.165) is 77.3 Å². The van der Waals surface area contributed by atoms with E-state index >= 15 is 0 Å². The Balaban J connectivity index is 1.28. The summed E-state index contributed by atoms with van der Waals surface area (Å²) in [5.41, 5.74) is 1.59. The topological polar surface area (TPSA) is 64.8 Å². The maximum atomic E-state index is 12.5. The Bertz CT molecular complexity index is 959. The first kappa shape index (κ1) is 20.7. The highest BCUT2D eigenvalue weighted by atomic mass is 16.3. The number of nitrogens with zero attached hydrogens (tertiary/aromatic N) is 4. The molecule has 32 heavy (non-hydrogen) atoms. The average molecular weight is 437 g/mol. The molecule has 2 aliphatic carbocycles. The third kappa shape index (κ3) is 3.39. The lowest BCUT2D eigenvalue weighted by Gasteiger charge is -2.61. The number of hydrogen-bond donors (Lipinski definition) is 2. The third-order valence-corrected chi connectivity index (χ3v) is 8.94. The minimum Gasteiger partial charge on any atom is -0.508 e. The number of aryl methyl sites for hydroxylation is 1. The Morgan fingerprint density at radius 2 is 1.91 bits per heavy atom. The minimum atomic E-state index is -0.725. The number of rotatable bonds is 6. The molecule has 0 spiro atoms. The molecule has 3 fully saturated rings. The van der Waals surface area contributed by atoms with Gasteiger partial charge in [-0.3, -0.25) is 9.58 Å². The SMILES string of the molecule is Oc1ccc2c(c1)C13CCN(CCCn4cccn4)CCC1(O)C(C2)N(CC1CC1)CC3. The maximum Gasteiger partial charge on any atom is 0.115 e. The summed E-state index contributed by atoms with van der Waals surface area (Å²) in [7, 11) is 0. The normalized spacial score (nSPS) is 32.8. The second-order valence-corrected chi connectivity index (χ2v) is 10.7. The summed E-state index contributed by atoms with van der Waals surface area (Å²) >= 11 is 0.